The van der Waals surface area contributed by atoms with Gasteiger partial charge < -0.3 is 14.6 Å². The van der Waals surface area contributed by atoms with Crippen molar-refractivity contribution in [2.75, 3.05) is 13.7 Å². The molecule has 0 saturated carbocycles. The summed E-state index contributed by atoms with van der Waals surface area (Å²) in [5, 5.41) is 14.1. The molecule has 0 aliphatic heterocycles. The minimum Gasteiger partial charge on any atom is -0.507 e. The predicted octanol–water partition coefficient (Wildman–Crippen LogP) is 3.02. The first kappa shape index (κ1) is 18.3. The molecule has 0 aromatic heterocycles. The Labute approximate surface area is 147 Å². The maximum absolute atomic E-state index is 11.9. The second-order valence-electron chi connectivity index (χ2n) is 5.43. The van der Waals surface area contributed by atoms with Crippen LogP contribution >= 0.6 is 0 Å². The number of ether oxygens (including phenoxy) is 2. The van der Waals surface area contributed by atoms with Gasteiger partial charge in [0, 0.05) is 5.56 Å². The molecule has 132 valence electrons. The van der Waals surface area contributed by atoms with E-state index in [0.717, 1.165) is 5.56 Å². The van der Waals surface area contributed by atoms with E-state index in [1.54, 1.807) is 37.4 Å². The maximum Gasteiger partial charge on any atom is 0.277 e. The smallest absolute Gasteiger partial charge is 0.277 e. The Balaban J connectivity index is 1.96. The lowest BCUT2D eigenvalue weighted by atomic mass is 10.0. The first-order valence-corrected chi connectivity index (χ1v) is 7.95. The van der Waals surface area contributed by atoms with E-state index in [-0.39, 0.29) is 18.3 Å². The van der Waals surface area contributed by atoms with Crippen LogP contribution in [0.2, 0.25) is 0 Å². The fourth-order valence-electron chi connectivity index (χ4n) is 2.19. The summed E-state index contributed by atoms with van der Waals surface area (Å²) < 4.78 is 10.5. The van der Waals surface area contributed by atoms with Crippen LogP contribution < -0.4 is 14.9 Å². The minimum absolute atomic E-state index is 0.134. The Kier molecular flexibility index (Phi) is 6.39. The number of benzene rings is 2. The number of carbonyl (C=O) groups is 1. The van der Waals surface area contributed by atoms with Crippen LogP contribution in [0.5, 0.6) is 17.2 Å². The Bertz CT molecular complexity index is 755. The number of rotatable bonds is 7. The standard InChI is InChI=1S/C19H22N2O4/c1-4-17(16-11-13(2)5-10-18(16)22)20-21-19(23)12-25-15-8-6-14(24-3)7-9-15/h5-11,22H,4,12H2,1-3H3,(H,21,23)/b20-17+. The largest absolute Gasteiger partial charge is 0.507 e. The SMILES string of the molecule is CC/C(=N\NC(=O)COc1ccc(OC)cc1)c1cc(C)ccc1O. The summed E-state index contributed by atoms with van der Waals surface area (Å²) in [6.07, 6.45) is 0.566. The van der Waals surface area contributed by atoms with E-state index in [9.17, 15) is 9.90 Å². The molecule has 25 heavy (non-hydrogen) atoms. The number of nitrogens with one attached hydrogen (secondary N) is 1. The van der Waals surface area contributed by atoms with Crippen molar-refractivity contribution in [3.8, 4) is 17.2 Å². The highest BCUT2D eigenvalue weighted by Crippen LogP contribution is 2.20. The third kappa shape index (κ3) is 5.24. The number of hydrogen-bond acceptors (Lipinski definition) is 5. The second-order valence-corrected chi connectivity index (χ2v) is 5.43. The minimum atomic E-state index is -0.381. The van der Waals surface area contributed by atoms with Gasteiger partial charge in [-0.25, -0.2) is 5.43 Å². The molecule has 0 atom stereocenters. The zero-order chi connectivity index (χ0) is 18.2. The van der Waals surface area contributed by atoms with E-state index < -0.39 is 0 Å². The lowest BCUT2D eigenvalue weighted by Crippen LogP contribution is -2.26. The summed E-state index contributed by atoms with van der Waals surface area (Å²) in [7, 11) is 1.58. The number of phenolic OH excluding ortho intramolecular Hbond substituents is 1. The molecule has 0 radical (unpaired) electrons. The van der Waals surface area contributed by atoms with Gasteiger partial charge in [0.05, 0.1) is 12.8 Å². The van der Waals surface area contributed by atoms with E-state index >= 15 is 0 Å². The summed E-state index contributed by atoms with van der Waals surface area (Å²) in [6, 6.07) is 12.2. The zero-order valence-corrected chi connectivity index (χ0v) is 14.6. The molecule has 2 N–H and O–H groups in total. The summed E-state index contributed by atoms with van der Waals surface area (Å²) in [5.74, 6) is 1.03. The van der Waals surface area contributed by atoms with Gasteiger partial charge in [-0.15, -0.1) is 0 Å². The number of nitrogens with zero attached hydrogens (tertiary/aromatic N) is 1. The van der Waals surface area contributed by atoms with Crippen molar-refractivity contribution < 1.29 is 19.4 Å². The zero-order valence-electron chi connectivity index (χ0n) is 14.6. The molecule has 0 saturated heterocycles. The molecular formula is C19H22N2O4. The molecular weight excluding hydrogens is 320 g/mol. The van der Waals surface area contributed by atoms with Crippen molar-refractivity contribution in [2.24, 2.45) is 5.10 Å². The van der Waals surface area contributed by atoms with Gasteiger partial charge >= 0.3 is 0 Å². The van der Waals surface area contributed by atoms with Crippen LogP contribution in [0.1, 0.15) is 24.5 Å². The average molecular weight is 342 g/mol. The summed E-state index contributed by atoms with van der Waals surface area (Å²) in [6.45, 7) is 3.67. The van der Waals surface area contributed by atoms with Crippen molar-refractivity contribution in [3.63, 3.8) is 0 Å². The van der Waals surface area contributed by atoms with E-state index in [0.29, 0.717) is 29.2 Å². The van der Waals surface area contributed by atoms with E-state index in [4.69, 9.17) is 9.47 Å². The average Bonchev–Trinajstić information content (AvgIpc) is 2.63. The van der Waals surface area contributed by atoms with E-state index in [2.05, 4.69) is 10.5 Å². The summed E-state index contributed by atoms with van der Waals surface area (Å²) >= 11 is 0. The van der Waals surface area contributed by atoms with Gasteiger partial charge in [0.15, 0.2) is 6.61 Å². The highest BCUT2D eigenvalue weighted by atomic mass is 16.5. The molecule has 6 heteroatoms. The Morgan fingerprint density at radius 3 is 2.48 bits per heavy atom. The highest BCUT2D eigenvalue weighted by Gasteiger charge is 2.09. The van der Waals surface area contributed by atoms with Crippen LogP contribution in [0.15, 0.2) is 47.6 Å². The maximum atomic E-state index is 11.9. The van der Waals surface area contributed by atoms with Crippen LogP contribution in [-0.4, -0.2) is 30.4 Å². The number of aromatic hydroxyl groups is 1. The molecule has 0 spiro atoms. The third-order valence-corrected chi connectivity index (χ3v) is 3.54. The summed E-state index contributed by atoms with van der Waals surface area (Å²) in [5.41, 5.74) is 4.67. The van der Waals surface area contributed by atoms with Gasteiger partial charge in [0.2, 0.25) is 0 Å². The number of phenols is 1. The van der Waals surface area contributed by atoms with Gasteiger partial charge in [0.25, 0.3) is 5.91 Å². The molecule has 0 fully saturated rings. The number of aryl methyl sites for hydroxylation is 1. The van der Waals surface area contributed by atoms with Crippen molar-refractivity contribution in [3.05, 3.63) is 53.6 Å². The Morgan fingerprint density at radius 1 is 1.16 bits per heavy atom. The number of hydrogen-bond donors (Lipinski definition) is 2. The van der Waals surface area contributed by atoms with E-state index in [1.165, 1.54) is 0 Å². The van der Waals surface area contributed by atoms with Crippen molar-refractivity contribution in [2.45, 2.75) is 20.3 Å². The van der Waals surface area contributed by atoms with Gasteiger partial charge in [0.1, 0.15) is 17.2 Å². The first-order chi connectivity index (χ1) is 12.0. The van der Waals surface area contributed by atoms with E-state index in [1.807, 2.05) is 26.0 Å². The molecule has 1 amide bonds. The Morgan fingerprint density at radius 2 is 1.84 bits per heavy atom. The molecule has 2 aromatic carbocycles. The molecule has 0 heterocycles. The normalized spacial score (nSPS) is 11.1. The molecule has 0 bridgehead atoms. The van der Waals surface area contributed by atoms with Gasteiger partial charge in [-0.05, 0) is 49.7 Å². The lowest BCUT2D eigenvalue weighted by molar-refractivity contribution is -0.123. The fraction of sp³-hybridized carbons (Fsp3) is 0.263. The number of carbonyl (C=O) groups excluding carboxylic acids is 1. The number of methoxy groups -OCH3 is 1. The lowest BCUT2D eigenvalue weighted by Gasteiger charge is -2.09. The van der Waals surface area contributed by atoms with Crippen molar-refractivity contribution >= 4 is 11.6 Å². The summed E-state index contributed by atoms with van der Waals surface area (Å²) in [4.78, 5) is 11.9. The Hall–Kier alpha value is -3.02. The molecule has 0 unspecified atom stereocenters. The van der Waals surface area contributed by atoms with Crippen molar-refractivity contribution in [1.29, 1.82) is 0 Å². The molecule has 0 aliphatic carbocycles. The quantitative estimate of drug-likeness (QED) is 0.599. The first-order valence-electron chi connectivity index (χ1n) is 7.95. The van der Waals surface area contributed by atoms with Crippen LogP contribution in [0.3, 0.4) is 0 Å². The van der Waals surface area contributed by atoms with Crippen LogP contribution in [0.25, 0.3) is 0 Å². The predicted molar refractivity (Wildman–Crippen MR) is 96.3 cm³/mol. The molecule has 0 aliphatic rings. The van der Waals surface area contributed by atoms with Crippen LogP contribution in [-0.2, 0) is 4.79 Å². The number of amides is 1. The highest BCUT2D eigenvalue weighted by molar-refractivity contribution is 6.03. The number of hydrazone groups is 1. The molecule has 2 aromatic rings. The molecule has 2 rings (SSSR count). The topological polar surface area (TPSA) is 80.2 Å². The van der Waals surface area contributed by atoms with Crippen LogP contribution in [0, 0.1) is 6.92 Å². The van der Waals surface area contributed by atoms with Crippen LogP contribution in [0.4, 0.5) is 0 Å². The van der Waals surface area contributed by atoms with Gasteiger partial charge in [-0.2, -0.15) is 5.10 Å². The van der Waals surface area contributed by atoms with Crippen molar-refractivity contribution in [1.82, 2.24) is 5.43 Å². The van der Waals surface area contributed by atoms with Gasteiger partial charge in [-0.3, -0.25) is 4.79 Å². The third-order valence-electron chi connectivity index (χ3n) is 3.54. The second kappa shape index (κ2) is 8.73. The van der Waals surface area contributed by atoms with Gasteiger partial charge in [-0.1, -0.05) is 18.6 Å². The monoisotopic (exact) mass is 342 g/mol. The molecule has 6 nitrogen and oxygen atoms in total. The fourth-order valence-corrected chi connectivity index (χ4v) is 2.19.